The van der Waals surface area contributed by atoms with Crippen molar-refractivity contribution in [3.8, 4) is 11.5 Å². The Labute approximate surface area is 210 Å². The van der Waals surface area contributed by atoms with Crippen LogP contribution in [0.1, 0.15) is 22.8 Å². The number of rotatable bonds is 11. The molecule has 0 saturated carbocycles. The molecule has 1 aromatic heterocycles. The third-order valence-corrected chi connectivity index (χ3v) is 6.44. The molecule has 12 heteroatoms. The minimum atomic E-state index is -0.413. The quantitative estimate of drug-likeness (QED) is 0.223. The molecule has 3 rings (SSSR count). The molecule has 0 saturated heterocycles. The lowest BCUT2D eigenvalue weighted by molar-refractivity contribution is -0.115. The molecule has 0 radical (unpaired) electrons. The van der Waals surface area contributed by atoms with Crippen LogP contribution >= 0.6 is 23.1 Å². The first-order chi connectivity index (χ1) is 16.9. The zero-order valence-electron chi connectivity index (χ0n) is 19.3. The Balaban J connectivity index is 1.46. The van der Waals surface area contributed by atoms with Crippen LogP contribution < -0.4 is 20.1 Å². The number of methoxy groups -OCH3 is 2. The summed E-state index contributed by atoms with van der Waals surface area (Å²) in [6.07, 6.45) is 0.125. The molecule has 2 N–H and O–H groups in total. The van der Waals surface area contributed by atoms with E-state index >= 15 is 0 Å². The third kappa shape index (κ3) is 7.69. The van der Waals surface area contributed by atoms with Crippen LogP contribution in [0.2, 0.25) is 0 Å². The lowest BCUT2D eigenvalue weighted by Gasteiger charge is -2.09. The van der Waals surface area contributed by atoms with Gasteiger partial charge < -0.3 is 24.8 Å². The van der Waals surface area contributed by atoms with Gasteiger partial charge in [0.25, 0.3) is 0 Å². The molecule has 1 heterocycles. The minimum Gasteiger partial charge on any atom is -0.493 e. The van der Waals surface area contributed by atoms with Gasteiger partial charge in [-0.15, -0.1) is 10.2 Å². The highest BCUT2D eigenvalue weighted by molar-refractivity contribution is 8.01. The fraction of sp³-hybridized carbons (Fsp3) is 0.261. The number of esters is 1. The fourth-order valence-electron chi connectivity index (χ4n) is 2.89. The molecule has 3 aromatic rings. The lowest BCUT2D eigenvalue weighted by atomic mass is 10.1. The predicted octanol–water partition coefficient (Wildman–Crippen LogP) is 3.64. The highest BCUT2D eigenvalue weighted by Gasteiger charge is 2.13. The van der Waals surface area contributed by atoms with E-state index < -0.39 is 5.97 Å². The van der Waals surface area contributed by atoms with Gasteiger partial charge in [-0.25, -0.2) is 4.79 Å². The van der Waals surface area contributed by atoms with Gasteiger partial charge in [0.2, 0.25) is 16.9 Å². The molecule has 0 spiro atoms. The molecule has 2 aromatic carbocycles. The average molecular weight is 517 g/mol. The summed E-state index contributed by atoms with van der Waals surface area (Å²) >= 11 is 2.38. The summed E-state index contributed by atoms with van der Waals surface area (Å²) in [5.41, 5.74) is 1.73. The number of nitrogens with one attached hydrogen (secondary N) is 2. The molecular formula is C23H24N4O6S2. The Hall–Kier alpha value is -3.64. The van der Waals surface area contributed by atoms with E-state index in [4.69, 9.17) is 14.2 Å². The number of amides is 2. The summed E-state index contributed by atoms with van der Waals surface area (Å²) in [4.78, 5) is 36.3. The Morgan fingerprint density at radius 3 is 2.37 bits per heavy atom. The van der Waals surface area contributed by atoms with Crippen LogP contribution in [-0.4, -0.2) is 54.6 Å². The molecular weight excluding hydrogens is 492 g/mol. The molecule has 0 aliphatic carbocycles. The van der Waals surface area contributed by atoms with E-state index in [2.05, 4.69) is 20.8 Å². The van der Waals surface area contributed by atoms with Gasteiger partial charge in [0.05, 0.1) is 38.6 Å². The van der Waals surface area contributed by atoms with Crippen molar-refractivity contribution in [1.29, 1.82) is 0 Å². The Kier molecular flexibility index (Phi) is 9.44. The number of carbonyl (C=O) groups is 3. The van der Waals surface area contributed by atoms with Gasteiger partial charge in [0.15, 0.2) is 15.8 Å². The van der Waals surface area contributed by atoms with Crippen molar-refractivity contribution in [2.24, 2.45) is 0 Å². The van der Waals surface area contributed by atoms with Crippen molar-refractivity contribution >= 4 is 51.7 Å². The first-order valence-electron chi connectivity index (χ1n) is 10.5. The van der Waals surface area contributed by atoms with Crippen LogP contribution in [-0.2, 0) is 20.7 Å². The summed E-state index contributed by atoms with van der Waals surface area (Å²) in [5.74, 6) is 0.320. The maximum Gasteiger partial charge on any atom is 0.338 e. The second-order valence-electron chi connectivity index (χ2n) is 6.92. The van der Waals surface area contributed by atoms with E-state index in [0.29, 0.717) is 38.8 Å². The smallest absolute Gasteiger partial charge is 0.338 e. The maximum atomic E-state index is 12.4. The maximum absolute atomic E-state index is 12.4. The van der Waals surface area contributed by atoms with Crippen molar-refractivity contribution in [1.82, 2.24) is 10.2 Å². The van der Waals surface area contributed by atoms with Gasteiger partial charge in [0.1, 0.15) is 0 Å². The Morgan fingerprint density at radius 1 is 0.943 bits per heavy atom. The predicted molar refractivity (Wildman–Crippen MR) is 134 cm³/mol. The van der Waals surface area contributed by atoms with Crippen LogP contribution in [0.25, 0.3) is 0 Å². The minimum absolute atomic E-state index is 0.105. The number of thioether (sulfide) groups is 1. The Morgan fingerprint density at radius 2 is 1.69 bits per heavy atom. The number of carbonyl (C=O) groups excluding carboxylic acids is 3. The SMILES string of the molecule is CCOC(=O)c1ccc(NC(=O)CSc2nnc(NC(=O)Cc3ccc(OC)c(OC)c3)s2)cc1. The van der Waals surface area contributed by atoms with Crippen LogP contribution in [0.3, 0.4) is 0 Å². The molecule has 2 amide bonds. The van der Waals surface area contributed by atoms with Crippen molar-refractivity contribution in [2.45, 2.75) is 17.7 Å². The zero-order valence-corrected chi connectivity index (χ0v) is 21.0. The van der Waals surface area contributed by atoms with E-state index in [1.165, 1.54) is 30.2 Å². The second kappa shape index (κ2) is 12.7. The Bertz CT molecular complexity index is 1180. The van der Waals surface area contributed by atoms with Gasteiger partial charge in [0, 0.05) is 5.69 Å². The van der Waals surface area contributed by atoms with Crippen LogP contribution in [0.5, 0.6) is 11.5 Å². The highest BCUT2D eigenvalue weighted by Crippen LogP contribution is 2.28. The molecule has 0 fully saturated rings. The summed E-state index contributed by atoms with van der Waals surface area (Å²) in [5, 5.41) is 13.8. The molecule has 0 aliphatic rings. The summed E-state index contributed by atoms with van der Waals surface area (Å²) in [6.45, 7) is 2.03. The molecule has 0 atom stereocenters. The number of hydrogen-bond donors (Lipinski definition) is 2. The number of hydrogen-bond acceptors (Lipinski definition) is 10. The van der Waals surface area contributed by atoms with Crippen molar-refractivity contribution in [3.05, 3.63) is 53.6 Å². The third-order valence-electron chi connectivity index (χ3n) is 4.47. The van der Waals surface area contributed by atoms with Gasteiger partial charge in [-0.1, -0.05) is 29.2 Å². The van der Waals surface area contributed by atoms with Gasteiger partial charge in [-0.3, -0.25) is 9.59 Å². The van der Waals surface area contributed by atoms with E-state index in [-0.39, 0.29) is 24.0 Å². The van der Waals surface area contributed by atoms with Gasteiger partial charge >= 0.3 is 5.97 Å². The van der Waals surface area contributed by atoms with Crippen molar-refractivity contribution in [3.63, 3.8) is 0 Å². The molecule has 35 heavy (non-hydrogen) atoms. The van der Waals surface area contributed by atoms with Crippen molar-refractivity contribution < 1.29 is 28.6 Å². The molecule has 0 aliphatic heterocycles. The molecule has 0 bridgehead atoms. The standard InChI is InChI=1S/C23H24N4O6S2/c1-4-33-21(30)15-6-8-16(9-7-15)24-20(29)13-34-23-27-26-22(35-23)25-19(28)12-14-5-10-17(31-2)18(11-14)32-3/h5-11H,4,12-13H2,1-3H3,(H,24,29)(H,25,26,28). The van der Waals surface area contributed by atoms with E-state index in [0.717, 1.165) is 5.56 Å². The van der Waals surface area contributed by atoms with Crippen LogP contribution in [0, 0.1) is 0 Å². The van der Waals surface area contributed by atoms with Gasteiger partial charge in [-0.2, -0.15) is 0 Å². The fourth-order valence-corrected chi connectivity index (χ4v) is 4.45. The largest absolute Gasteiger partial charge is 0.493 e. The van der Waals surface area contributed by atoms with Gasteiger partial charge in [-0.05, 0) is 48.9 Å². The molecule has 0 unspecified atom stereocenters. The number of ether oxygens (including phenoxy) is 3. The van der Waals surface area contributed by atoms with Crippen LogP contribution in [0.4, 0.5) is 10.8 Å². The average Bonchev–Trinajstić information content (AvgIpc) is 3.30. The summed E-state index contributed by atoms with van der Waals surface area (Å²) < 4.78 is 15.9. The van der Waals surface area contributed by atoms with E-state index in [1.807, 2.05) is 0 Å². The summed E-state index contributed by atoms with van der Waals surface area (Å²) in [7, 11) is 3.08. The van der Waals surface area contributed by atoms with Crippen molar-refractivity contribution in [2.75, 3.05) is 37.2 Å². The normalized spacial score (nSPS) is 10.4. The zero-order chi connectivity index (χ0) is 25.2. The van der Waals surface area contributed by atoms with E-state index in [1.54, 1.807) is 56.5 Å². The van der Waals surface area contributed by atoms with E-state index in [9.17, 15) is 14.4 Å². The molecule has 10 nitrogen and oxygen atoms in total. The highest BCUT2D eigenvalue weighted by atomic mass is 32.2. The number of aromatic nitrogens is 2. The first-order valence-corrected chi connectivity index (χ1v) is 12.3. The first kappa shape index (κ1) is 26.0. The van der Waals surface area contributed by atoms with Crippen LogP contribution in [0.15, 0.2) is 46.8 Å². The number of nitrogens with zero attached hydrogens (tertiary/aromatic N) is 2. The number of anilines is 2. The molecule has 184 valence electrons. The number of benzene rings is 2. The topological polar surface area (TPSA) is 129 Å². The summed E-state index contributed by atoms with van der Waals surface area (Å²) in [6, 6.07) is 11.7. The second-order valence-corrected chi connectivity index (χ2v) is 9.12. The monoisotopic (exact) mass is 516 g/mol. The lowest BCUT2D eigenvalue weighted by Crippen LogP contribution is -2.14.